The zero-order valence-corrected chi connectivity index (χ0v) is 17.8. The Labute approximate surface area is 174 Å². The smallest absolute Gasteiger partial charge is 0.384 e. The summed E-state index contributed by atoms with van der Waals surface area (Å²) in [5, 5.41) is 20.3. The minimum absolute atomic E-state index is 0.274. The third-order valence-electron chi connectivity index (χ3n) is 3.78. The molecule has 1 aliphatic rings. The number of aromatic nitrogens is 2. The van der Waals surface area contributed by atoms with E-state index in [1.807, 2.05) is 0 Å². The number of phosphoric acid groups is 3. The first-order valence-electron chi connectivity index (χ1n) is 7.77. The maximum atomic E-state index is 15.1. The summed E-state index contributed by atoms with van der Waals surface area (Å²) >= 11 is 0. The van der Waals surface area contributed by atoms with Gasteiger partial charge in [0.1, 0.15) is 13.3 Å². The lowest BCUT2D eigenvalue weighted by Gasteiger charge is -2.28. The molecule has 22 heteroatoms. The number of alkyl halides is 2. The van der Waals surface area contributed by atoms with Gasteiger partial charge in [0, 0.05) is 12.3 Å². The van der Waals surface area contributed by atoms with Crippen LogP contribution in [-0.4, -0.2) is 70.2 Å². The van der Waals surface area contributed by atoms with E-state index in [0.29, 0.717) is 12.3 Å². The molecule has 1 aliphatic heterocycles. The largest absolute Gasteiger partial charge is 0.490 e. The number of nitrogens with zero attached hydrogens (tertiary/aromatic N) is 1. The molecular formula is C10H15F2N2O15P3. The molecule has 184 valence electrons. The topological polar surface area (TPSA) is 264 Å². The minimum Gasteiger partial charge on any atom is -0.384 e. The second kappa shape index (κ2) is 8.88. The fourth-order valence-electron chi connectivity index (χ4n) is 2.49. The highest BCUT2D eigenvalue weighted by Crippen LogP contribution is 2.66. The van der Waals surface area contributed by atoms with Crippen molar-refractivity contribution in [3.05, 3.63) is 33.1 Å². The van der Waals surface area contributed by atoms with E-state index >= 15 is 4.39 Å². The molecule has 0 aromatic carbocycles. The first-order chi connectivity index (χ1) is 14.3. The van der Waals surface area contributed by atoms with E-state index < -0.39 is 71.8 Å². The number of nitrogens with one attached hydrogen (secondary N) is 1. The zero-order chi connectivity index (χ0) is 24.8. The van der Waals surface area contributed by atoms with Gasteiger partial charge in [0.05, 0.1) is 0 Å². The molecule has 7 N–H and O–H groups in total. The van der Waals surface area contributed by atoms with E-state index in [2.05, 4.69) is 17.9 Å². The van der Waals surface area contributed by atoms with Gasteiger partial charge in [0.25, 0.3) is 11.4 Å². The summed E-state index contributed by atoms with van der Waals surface area (Å²) in [7, 11) is -17.5. The van der Waals surface area contributed by atoms with Crippen molar-refractivity contribution in [3.63, 3.8) is 0 Å². The lowest BCUT2D eigenvalue weighted by molar-refractivity contribution is -0.205. The van der Waals surface area contributed by atoms with Crippen molar-refractivity contribution in [1.82, 2.24) is 9.55 Å². The molecule has 0 spiro atoms. The predicted octanol–water partition coefficient (Wildman–Crippen LogP) is -1.86. The van der Waals surface area contributed by atoms with Crippen molar-refractivity contribution in [2.75, 3.05) is 13.3 Å². The van der Waals surface area contributed by atoms with Crippen LogP contribution in [0.4, 0.5) is 8.78 Å². The monoisotopic (exact) mass is 534 g/mol. The van der Waals surface area contributed by atoms with E-state index in [1.54, 1.807) is 4.98 Å². The number of rotatable bonds is 9. The molecule has 6 unspecified atom stereocenters. The zero-order valence-electron chi connectivity index (χ0n) is 15.1. The Morgan fingerprint density at radius 2 is 1.75 bits per heavy atom. The summed E-state index contributed by atoms with van der Waals surface area (Å²) in [5.41, 5.74) is -5.48. The van der Waals surface area contributed by atoms with Gasteiger partial charge in [0.2, 0.25) is 0 Å². The molecule has 32 heavy (non-hydrogen) atoms. The van der Waals surface area contributed by atoms with Crippen LogP contribution in [0.25, 0.3) is 0 Å². The highest BCUT2D eigenvalue weighted by Gasteiger charge is 2.66. The van der Waals surface area contributed by atoms with Crippen LogP contribution < -0.4 is 11.2 Å². The molecule has 1 aromatic rings. The lowest BCUT2D eigenvalue weighted by Crippen LogP contribution is -2.53. The Kier molecular flexibility index (Phi) is 7.52. The molecule has 0 aliphatic carbocycles. The number of halogens is 2. The van der Waals surface area contributed by atoms with Crippen LogP contribution in [-0.2, 0) is 31.6 Å². The second-order valence-electron chi connectivity index (χ2n) is 6.17. The normalized spacial score (nSPS) is 32.4. The molecule has 6 atom stereocenters. The highest BCUT2D eigenvalue weighted by atomic mass is 31.3. The average molecular weight is 534 g/mol. The van der Waals surface area contributed by atoms with Crippen LogP contribution in [0.5, 0.6) is 0 Å². The maximum absolute atomic E-state index is 15.1. The van der Waals surface area contributed by atoms with Crippen molar-refractivity contribution in [3.8, 4) is 0 Å². The molecule has 1 aromatic heterocycles. The Bertz CT molecular complexity index is 1120. The molecule has 2 heterocycles. The molecule has 1 saturated heterocycles. The Morgan fingerprint density at radius 1 is 1.16 bits per heavy atom. The van der Waals surface area contributed by atoms with Gasteiger partial charge < -0.3 is 34.5 Å². The standard InChI is InChI=1S/C10H15F2N2O15P3/c11-3-9(18)6(16)10(12,27-7(9)14-2-1-5(15)13-8(14)17)4-26-31(22,23)29-32(24,25)28-30(19,20)21/h1-2,6-7,16,18H,3-4H2,(H,22,23)(H,24,25)(H,13,15,17)(H2,19,20,21). The van der Waals surface area contributed by atoms with E-state index in [0.717, 1.165) is 0 Å². The van der Waals surface area contributed by atoms with E-state index in [4.69, 9.17) is 14.7 Å². The Hall–Kier alpha value is -1.17. The van der Waals surface area contributed by atoms with Crippen LogP contribution in [0.15, 0.2) is 21.9 Å². The molecule has 0 radical (unpaired) electrons. The molecule has 17 nitrogen and oxygen atoms in total. The SMILES string of the molecule is O=c1ccn(C2OC(F)(COP(=O)(O)OP(=O)(O)OP(=O)(O)O)C(O)C2(O)CF)c(=O)[nH]1. The minimum atomic E-state index is -5.95. The summed E-state index contributed by atoms with van der Waals surface area (Å²) in [4.78, 5) is 59.9. The first-order valence-corrected chi connectivity index (χ1v) is 12.3. The first kappa shape index (κ1) is 27.1. The quantitative estimate of drug-likeness (QED) is 0.171. The average Bonchev–Trinajstić information content (AvgIpc) is 2.80. The van der Waals surface area contributed by atoms with Gasteiger partial charge in [-0.15, -0.1) is 0 Å². The van der Waals surface area contributed by atoms with Gasteiger partial charge in [0.15, 0.2) is 17.9 Å². The molecular weight excluding hydrogens is 519 g/mol. The van der Waals surface area contributed by atoms with Crippen LogP contribution in [0.2, 0.25) is 0 Å². The van der Waals surface area contributed by atoms with Gasteiger partial charge >= 0.3 is 29.2 Å². The molecule has 2 rings (SSSR count). The summed E-state index contributed by atoms with van der Waals surface area (Å²) in [6, 6.07) is 0.695. The Morgan fingerprint density at radius 3 is 2.25 bits per heavy atom. The number of hydrogen-bond acceptors (Lipinski definition) is 11. The van der Waals surface area contributed by atoms with E-state index in [1.165, 1.54) is 0 Å². The van der Waals surface area contributed by atoms with Crippen molar-refractivity contribution in [1.29, 1.82) is 0 Å². The van der Waals surface area contributed by atoms with Crippen LogP contribution in [0, 0.1) is 0 Å². The number of aliphatic hydroxyl groups excluding tert-OH is 1. The summed E-state index contributed by atoms with van der Waals surface area (Å²) in [6.45, 7) is -3.87. The number of H-pyrrole nitrogens is 1. The van der Waals surface area contributed by atoms with Gasteiger partial charge in [-0.2, -0.15) is 8.62 Å². The fourth-order valence-corrected chi connectivity index (χ4v) is 5.53. The lowest BCUT2D eigenvalue weighted by atomic mass is 9.94. The van der Waals surface area contributed by atoms with Crippen LogP contribution >= 0.6 is 23.5 Å². The number of phosphoric ester groups is 1. The van der Waals surface area contributed by atoms with Gasteiger partial charge in [-0.3, -0.25) is 18.9 Å². The summed E-state index contributed by atoms with van der Waals surface area (Å²) in [6.07, 6.45) is -4.63. The van der Waals surface area contributed by atoms with E-state index in [9.17, 15) is 42.8 Å². The van der Waals surface area contributed by atoms with Gasteiger partial charge in [-0.05, 0) is 0 Å². The van der Waals surface area contributed by atoms with Gasteiger partial charge in [-0.25, -0.2) is 27.3 Å². The fraction of sp³-hybridized carbons (Fsp3) is 0.600. The number of ether oxygens (including phenoxy) is 1. The van der Waals surface area contributed by atoms with Crippen LogP contribution in [0.1, 0.15) is 6.23 Å². The van der Waals surface area contributed by atoms with Crippen molar-refractivity contribution in [2.24, 2.45) is 0 Å². The molecule has 1 fully saturated rings. The van der Waals surface area contributed by atoms with Crippen molar-refractivity contribution in [2.45, 2.75) is 23.8 Å². The Balaban J connectivity index is 2.27. The van der Waals surface area contributed by atoms with Crippen molar-refractivity contribution >= 4 is 23.5 Å². The molecule has 0 amide bonds. The van der Waals surface area contributed by atoms with E-state index in [-0.39, 0.29) is 4.57 Å². The predicted molar refractivity (Wildman–Crippen MR) is 92.0 cm³/mol. The number of aromatic amines is 1. The number of aliphatic hydroxyl groups is 2. The third-order valence-corrected chi connectivity index (χ3v) is 7.56. The third kappa shape index (κ3) is 6.03. The van der Waals surface area contributed by atoms with Crippen LogP contribution in [0.3, 0.4) is 0 Å². The number of hydrogen-bond donors (Lipinski definition) is 7. The second-order valence-corrected chi connectivity index (χ2v) is 10.6. The van der Waals surface area contributed by atoms with Crippen molar-refractivity contribution < 1.29 is 70.1 Å². The summed E-state index contributed by atoms with van der Waals surface area (Å²) in [5.74, 6) is -3.77. The molecule has 0 saturated carbocycles. The maximum Gasteiger partial charge on any atom is 0.490 e. The molecule has 0 bridgehead atoms. The highest BCUT2D eigenvalue weighted by molar-refractivity contribution is 7.66. The summed E-state index contributed by atoms with van der Waals surface area (Å²) < 4.78 is 77.8. The van der Waals surface area contributed by atoms with Gasteiger partial charge in [-0.1, -0.05) is 0 Å².